The predicted octanol–water partition coefficient (Wildman–Crippen LogP) is 2.26. The predicted molar refractivity (Wildman–Crippen MR) is 90.1 cm³/mol. The number of carbonyl (C=O) groups excluding carboxylic acids is 1. The highest BCUT2D eigenvalue weighted by Gasteiger charge is 2.26. The van der Waals surface area contributed by atoms with Crippen molar-refractivity contribution >= 4 is 5.91 Å². The monoisotopic (exact) mass is 316 g/mol. The second kappa shape index (κ2) is 6.56. The molecule has 0 aromatic carbocycles. The van der Waals surface area contributed by atoms with Crippen LogP contribution in [-0.2, 0) is 17.8 Å². The first-order chi connectivity index (χ1) is 10.9. The molecule has 0 saturated carbocycles. The maximum absolute atomic E-state index is 12.4. The number of rotatable bonds is 2. The molecule has 0 unspecified atom stereocenters. The number of fused-ring (bicyclic) bond motifs is 1. The second-order valence-corrected chi connectivity index (χ2v) is 8.05. The fourth-order valence-corrected chi connectivity index (χ4v) is 3.38. The topological polar surface area (TPSA) is 58.1 Å². The number of aromatic nitrogens is 2. The van der Waals surface area contributed by atoms with Gasteiger partial charge in [0.05, 0.1) is 5.69 Å². The van der Waals surface area contributed by atoms with E-state index in [4.69, 9.17) is 4.98 Å². The van der Waals surface area contributed by atoms with Crippen LogP contribution in [-0.4, -0.2) is 40.4 Å². The molecule has 5 nitrogen and oxygen atoms in total. The maximum Gasteiger partial charge on any atom is 0.223 e. The molecule has 126 valence electrons. The Morgan fingerprint density at radius 3 is 2.96 bits per heavy atom. The summed E-state index contributed by atoms with van der Waals surface area (Å²) in [4.78, 5) is 23.8. The van der Waals surface area contributed by atoms with Crippen LogP contribution in [0.1, 0.15) is 63.0 Å². The summed E-state index contributed by atoms with van der Waals surface area (Å²) in [5.74, 6) is 1.66. The molecular formula is C18H28N4O. The molecule has 23 heavy (non-hydrogen) atoms. The van der Waals surface area contributed by atoms with Crippen molar-refractivity contribution < 1.29 is 4.79 Å². The van der Waals surface area contributed by atoms with E-state index >= 15 is 0 Å². The number of amides is 1. The Balaban J connectivity index is 1.69. The van der Waals surface area contributed by atoms with Gasteiger partial charge >= 0.3 is 0 Å². The van der Waals surface area contributed by atoms with Crippen LogP contribution < -0.4 is 5.32 Å². The molecule has 1 amide bonds. The van der Waals surface area contributed by atoms with E-state index in [1.54, 1.807) is 0 Å². The third-order valence-corrected chi connectivity index (χ3v) is 4.65. The van der Waals surface area contributed by atoms with Gasteiger partial charge < -0.3 is 10.2 Å². The summed E-state index contributed by atoms with van der Waals surface area (Å²) >= 11 is 0. The summed E-state index contributed by atoms with van der Waals surface area (Å²) in [7, 11) is 0. The first kappa shape index (κ1) is 16.4. The van der Waals surface area contributed by atoms with E-state index in [-0.39, 0.29) is 11.3 Å². The average Bonchev–Trinajstić information content (AvgIpc) is 2.53. The Labute approximate surface area is 138 Å². The Morgan fingerprint density at radius 2 is 2.26 bits per heavy atom. The molecule has 1 aromatic rings. The standard InChI is InChI=1S/C18H28N4O/c1-18(2,3)9-16(23)22-8-6-15-14(12-22)11-20-17(21-15)13-5-4-7-19-10-13/h11,13,19H,4-10,12H2,1-3H3/t13-/m0/s1. The Hall–Kier alpha value is -1.49. The summed E-state index contributed by atoms with van der Waals surface area (Å²) in [6.45, 7) is 9.85. The lowest BCUT2D eigenvalue weighted by atomic mass is 9.91. The van der Waals surface area contributed by atoms with Crippen LogP contribution in [0, 0.1) is 5.41 Å². The second-order valence-electron chi connectivity index (χ2n) is 8.05. The Bertz CT molecular complexity index is 573. The van der Waals surface area contributed by atoms with Crippen LogP contribution in [0.2, 0.25) is 0 Å². The lowest BCUT2D eigenvalue weighted by Gasteiger charge is -2.31. The van der Waals surface area contributed by atoms with Gasteiger partial charge in [0, 0.05) is 50.2 Å². The van der Waals surface area contributed by atoms with Gasteiger partial charge in [0.2, 0.25) is 5.91 Å². The quantitative estimate of drug-likeness (QED) is 0.909. The molecule has 1 aromatic heterocycles. The van der Waals surface area contributed by atoms with Crippen molar-refractivity contribution in [3.63, 3.8) is 0 Å². The first-order valence-corrected chi connectivity index (χ1v) is 8.75. The summed E-state index contributed by atoms with van der Waals surface area (Å²) in [6, 6.07) is 0. The number of nitrogens with zero attached hydrogens (tertiary/aromatic N) is 3. The highest BCUT2D eigenvalue weighted by Crippen LogP contribution is 2.25. The van der Waals surface area contributed by atoms with E-state index < -0.39 is 0 Å². The van der Waals surface area contributed by atoms with Crippen LogP contribution in [0.15, 0.2) is 6.20 Å². The lowest BCUT2D eigenvalue weighted by Crippen LogP contribution is -2.38. The van der Waals surface area contributed by atoms with Crippen LogP contribution in [0.3, 0.4) is 0 Å². The van der Waals surface area contributed by atoms with E-state index in [9.17, 15) is 4.79 Å². The first-order valence-electron chi connectivity index (χ1n) is 8.75. The molecule has 3 heterocycles. The van der Waals surface area contributed by atoms with Gasteiger partial charge in [0.25, 0.3) is 0 Å². The van der Waals surface area contributed by atoms with E-state index in [1.165, 1.54) is 12.8 Å². The van der Waals surface area contributed by atoms with Crippen molar-refractivity contribution in [3.05, 3.63) is 23.3 Å². The van der Waals surface area contributed by atoms with Gasteiger partial charge in [-0.1, -0.05) is 20.8 Å². The summed E-state index contributed by atoms with van der Waals surface area (Å²) in [5, 5.41) is 3.42. The zero-order chi connectivity index (χ0) is 16.4. The molecule has 2 aliphatic heterocycles. The Morgan fingerprint density at radius 1 is 1.43 bits per heavy atom. The minimum atomic E-state index is 0.0334. The van der Waals surface area contributed by atoms with Crippen molar-refractivity contribution in [1.82, 2.24) is 20.2 Å². The summed E-state index contributed by atoms with van der Waals surface area (Å²) in [6.07, 6.45) is 5.75. The zero-order valence-electron chi connectivity index (χ0n) is 14.6. The molecule has 2 aliphatic rings. The van der Waals surface area contributed by atoms with Gasteiger partial charge in [-0.15, -0.1) is 0 Å². The lowest BCUT2D eigenvalue weighted by molar-refractivity contribution is -0.134. The van der Waals surface area contributed by atoms with Crippen LogP contribution in [0.5, 0.6) is 0 Å². The number of hydrogen-bond donors (Lipinski definition) is 1. The molecule has 1 N–H and O–H groups in total. The highest BCUT2D eigenvalue weighted by molar-refractivity contribution is 5.77. The normalized spacial score (nSPS) is 21.9. The molecule has 0 bridgehead atoms. The number of hydrogen-bond acceptors (Lipinski definition) is 4. The fraction of sp³-hybridized carbons (Fsp3) is 0.722. The van der Waals surface area contributed by atoms with Crippen LogP contribution in [0.25, 0.3) is 0 Å². The summed E-state index contributed by atoms with van der Waals surface area (Å²) < 4.78 is 0. The number of carbonyl (C=O) groups is 1. The molecule has 3 rings (SSSR count). The highest BCUT2D eigenvalue weighted by atomic mass is 16.2. The van der Waals surface area contributed by atoms with E-state index in [2.05, 4.69) is 31.1 Å². The van der Waals surface area contributed by atoms with Gasteiger partial charge in [0.15, 0.2) is 0 Å². The van der Waals surface area contributed by atoms with Gasteiger partial charge in [-0.2, -0.15) is 0 Å². The third-order valence-electron chi connectivity index (χ3n) is 4.65. The van der Waals surface area contributed by atoms with E-state index in [1.807, 2.05) is 11.1 Å². The zero-order valence-corrected chi connectivity index (χ0v) is 14.6. The Kier molecular flexibility index (Phi) is 4.67. The molecular weight excluding hydrogens is 288 g/mol. The largest absolute Gasteiger partial charge is 0.338 e. The van der Waals surface area contributed by atoms with Crippen molar-refractivity contribution in [1.29, 1.82) is 0 Å². The fourth-order valence-electron chi connectivity index (χ4n) is 3.38. The van der Waals surface area contributed by atoms with E-state index in [0.29, 0.717) is 18.9 Å². The van der Waals surface area contributed by atoms with Crippen molar-refractivity contribution in [2.45, 2.75) is 58.9 Å². The van der Waals surface area contributed by atoms with Crippen molar-refractivity contribution in [2.24, 2.45) is 5.41 Å². The van der Waals surface area contributed by atoms with Gasteiger partial charge in [-0.25, -0.2) is 9.97 Å². The van der Waals surface area contributed by atoms with Crippen LogP contribution in [0.4, 0.5) is 0 Å². The SMILES string of the molecule is CC(C)(C)CC(=O)N1CCc2nc([C@H]3CCCNC3)ncc2C1. The molecule has 1 atom stereocenters. The van der Waals surface area contributed by atoms with Gasteiger partial charge in [-0.3, -0.25) is 4.79 Å². The molecule has 0 radical (unpaired) electrons. The number of piperidine rings is 1. The minimum Gasteiger partial charge on any atom is -0.338 e. The molecule has 5 heteroatoms. The van der Waals surface area contributed by atoms with Gasteiger partial charge in [0.1, 0.15) is 5.82 Å². The molecule has 0 aliphatic carbocycles. The van der Waals surface area contributed by atoms with E-state index in [0.717, 1.165) is 43.1 Å². The molecule has 1 saturated heterocycles. The summed E-state index contributed by atoms with van der Waals surface area (Å²) in [5.41, 5.74) is 2.29. The van der Waals surface area contributed by atoms with Crippen LogP contribution >= 0.6 is 0 Å². The van der Waals surface area contributed by atoms with Gasteiger partial charge in [-0.05, 0) is 24.8 Å². The number of nitrogens with one attached hydrogen (secondary N) is 1. The smallest absolute Gasteiger partial charge is 0.223 e. The third kappa shape index (κ3) is 4.08. The average molecular weight is 316 g/mol. The molecule has 0 spiro atoms. The van der Waals surface area contributed by atoms with Crippen molar-refractivity contribution in [3.8, 4) is 0 Å². The maximum atomic E-state index is 12.4. The minimum absolute atomic E-state index is 0.0334. The van der Waals surface area contributed by atoms with Crippen molar-refractivity contribution in [2.75, 3.05) is 19.6 Å². The molecule has 1 fully saturated rings.